The van der Waals surface area contributed by atoms with E-state index < -0.39 is 38.8 Å². The number of imide groups is 1. The maximum absolute atomic E-state index is 13.5. The van der Waals surface area contributed by atoms with E-state index in [-0.39, 0.29) is 42.1 Å². The van der Waals surface area contributed by atoms with Crippen molar-refractivity contribution in [2.45, 2.75) is 51.2 Å². The molecule has 4 atom stereocenters. The van der Waals surface area contributed by atoms with Crippen molar-refractivity contribution in [2.24, 2.45) is 17.8 Å². The number of aromatic hydroxyl groups is 1. The number of aliphatic hydroxyl groups excluding tert-OH is 2. The molecule has 2 aliphatic rings. The maximum Gasteiger partial charge on any atom is 0.261 e. The van der Waals surface area contributed by atoms with Crippen molar-refractivity contribution >= 4 is 53.8 Å². The summed E-state index contributed by atoms with van der Waals surface area (Å²) < 4.78 is 7.35. The van der Waals surface area contributed by atoms with Gasteiger partial charge in [-0.2, -0.15) is 0 Å². The Labute approximate surface area is 318 Å². The summed E-state index contributed by atoms with van der Waals surface area (Å²) in [5, 5.41) is 35.5. The number of carbonyl (C=O) groups excluding carboxylic acids is 2. The van der Waals surface area contributed by atoms with Gasteiger partial charge in [-0.15, -0.1) is 0 Å². The van der Waals surface area contributed by atoms with Gasteiger partial charge in [0.1, 0.15) is 5.75 Å². The number of hydrogen-bond donors (Lipinski definition) is 3. The number of amides is 2. The van der Waals surface area contributed by atoms with E-state index >= 15 is 0 Å². The van der Waals surface area contributed by atoms with Crippen LogP contribution in [0.2, 0.25) is 10.1 Å². The molecule has 0 spiro atoms. The van der Waals surface area contributed by atoms with E-state index in [1.807, 2.05) is 72.8 Å². The van der Waals surface area contributed by atoms with Crippen molar-refractivity contribution in [1.82, 2.24) is 4.90 Å². The van der Waals surface area contributed by atoms with Gasteiger partial charge in [0.15, 0.2) is 0 Å². The van der Waals surface area contributed by atoms with E-state index in [1.54, 1.807) is 12.1 Å². The number of halogens is 1. The Hall–Kier alpha value is -4.31. The Morgan fingerprint density at radius 3 is 2.06 bits per heavy atom. The number of phenolic OH excluding ortho intramolecular Hbond substituents is 1. The number of phenols is 1. The van der Waals surface area contributed by atoms with Gasteiger partial charge in [0.25, 0.3) is 8.32 Å². The third-order valence-corrected chi connectivity index (χ3v) is 16.3. The molecule has 53 heavy (non-hydrogen) atoms. The van der Waals surface area contributed by atoms with Gasteiger partial charge in [-0.05, 0) is 86.8 Å². The van der Waals surface area contributed by atoms with Crippen molar-refractivity contribution in [1.29, 1.82) is 0 Å². The molecule has 2 amide bonds. The molecule has 0 aromatic heterocycles. The molecule has 6 rings (SSSR count). The maximum atomic E-state index is 13.5. The fourth-order valence-corrected chi connectivity index (χ4v) is 13.2. The quantitative estimate of drug-likeness (QED) is 0.0634. The zero-order valence-electron chi connectivity index (χ0n) is 30.7. The summed E-state index contributed by atoms with van der Waals surface area (Å²) in [5.41, 5.74) is 3.94. The van der Waals surface area contributed by atoms with E-state index in [0.717, 1.165) is 32.6 Å². The molecule has 3 N–H and O–H groups in total. The zero-order valence-corrected chi connectivity index (χ0v) is 32.5. The van der Waals surface area contributed by atoms with Crippen LogP contribution in [0.1, 0.15) is 51.2 Å². The van der Waals surface area contributed by atoms with E-state index in [0.29, 0.717) is 17.0 Å². The van der Waals surface area contributed by atoms with Gasteiger partial charge in [-0.25, -0.2) is 0 Å². The van der Waals surface area contributed by atoms with Crippen LogP contribution in [0.15, 0.2) is 120 Å². The van der Waals surface area contributed by atoms with E-state index in [9.17, 15) is 24.9 Å². The molecule has 1 fully saturated rings. The Bertz CT molecular complexity index is 1950. The summed E-state index contributed by atoms with van der Waals surface area (Å²) >= 11 is 6.52. The molecule has 9 heteroatoms. The second-order valence-electron chi connectivity index (χ2n) is 15.2. The van der Waals surface area contributed by atoms with E-state index in [1.165, 1.54) is 18.0 Å². The van der Waals surface area contributed by atoms with Gasteiger partial charge >= 0.3 is 0 Å². The van der Waals surface area contributed by atoms with E-state index in [4.69, 9.17) is 16.0 Å². The molecule has 0 unspecified atom stereocenters. The van der Waals surface area contributed by atoms with Gasteiger partial charge in [0.05, 0.1) is 36.2 Å². The Balaban J connectivity index is 1.42. The normalized spacial score (nSPS) is 20.2. The number of fused-ring (bicyclic) bond motifs is 1. The number of benzene rings is 4. The first-order chi connectivity index (χ1) is 25.4. The molecule has 1 aliphatic carbocycles. The van der Waals surface area contributed by atoms with E-state index in [2.05, 4.69) is 45.0 Å². The number of rotatable bonds is 12. The lowest BCUT2D eigenvalue weighted by molar-refractivity contribution is -0.138. The van der Waals surface area contributed by atoms with Crippen LogP contribution >= 0.6 is 11.6 Å². The molecule has 0 radical (unpaired) electrons. The lowest BCUT2D eigenvalue weighted by Gasteiger charge is -2.44. The summed E-state index contributed by atoms with van der Waals surface area (Å²) in [6, 6.07) is 35.2. The van der Waals surface area contributed by atoms with Gasteiger partial charge in [0.2, 0.25) is 11.8 Å². The minimum Gasteiger partial charge on any atom is -0.508 e. The predicted octanol–water partition coefficient (Wildman–Crippen LogP) is 6.84. The summed E-state index contributed by atoms with van der Waals surface area (Å²) in [6.45, 7) is 6.33. The van der Waals surface area contributed by atoms with Gasteiger partial charge in [0, 0.05) is 13.0 Å². The Kier molecular flexibility index (Phi) is 11.6. The number of nitrogens with zero attached hydrogens (tertiary/aromatic N) is 1. The van der Waals surface area contributed by atoms with Crippen molar-refractivity contribution in [3.8, 4) is 5.75 Å². The fourth-order valence-electron chi connectivity index (χ4n) is 8.43. The third-order valence-electron chi connectivity index (χ3n) is 11.0. The number of likely N-dealkylation sites (tertiary alicyclic amines) is 1. The van der Waals surface area contributed by atoms with Crippen molar-refractivity contribution in [2.75, 3.05) is 20.3 Å². The molecular weight excluding hydrogens is 702 g/mol. The molecular formula is C44H48ClNO6Si. The Morgan fingerprint density at radius 1 is 0.925 bits per heavy atom. The number of allylic oxidation sites excluding steroid dienone is 1. The number of carbonyl (C=O) groups is 2. The molecule has 4 aromatic carbocycles. The lowest BCUT2D eigenvalue weighted by Crippen LogP contribution is -2.66. The van der Waals surface area contributed by atoms with Gasteiger partial charge in [-0.1, -0.05) is 123 Å². The number of hydrogen-bond acceptors (Lipinski definition) is 6. The standard InChI is InChI=1S/C44H48ClNO6Si/c1-44(2,3)53(34-16-10-6-11-17-34,35-18-12-7-13-19-35)52-28-32-25-36-41(43(51)46(4)42(36)50)37(27-47)40(32)39(49)23-21-30(29-14-8-5-9-15-29)24-31-20-22-33(48)26-38(31)45/h5-20,22,24,26,36-37,39,41,47-49H,21,23,25,27-28H2,1-4H3/b30-24-/t36-,37+,39-,41-/m1/s1. The van der Waals surface area contributed by atoms with Crippen molar-refractivity contribution < 1.29 is 29.3 Å². The molecule has 1 saturated heterocycles. The highest BCUT2D eigenvalue weighted by Crippen LogP contribution is 2.47. The minimum absolute atomic E-state index is 0.0693. The SMILES string of the molecule is CN1C(=O)[C@@H]2[C@@H](CC(CO[Si](c3ccccc3)(c3ccccc3)C(C)(C)C)=C([C@H](O)CC/C(=C/c3ccc(O)cc3Cl)c3ccccc3)[C@@H]2CO)C1=O. The van der Waals surface area contributed by atoms with Crippen molar-refractivity contribution in [3.63, 3.8) is 0 Å². The van der Waals surface area contributed by atoms with Crippen LogP contribution in [0.5, 0.6) is 5.75 Å². The molecule has 7 nitrogen and oxygen atoms in total. The summed E-state index contributed by atoms with van der Waals surface area (Å²) in [6.07, 6.45) is 1.89. The third kappa shape index (κ3) is 7.57. The second-order valence-corrected chi connectivity index (χ2v) is 19.9. The molecule has 0 saturated carbocycles. The predicted molar refractivity (Wildman–Crippen MR) is 213 cm³/mol. The zero-order chi connectivity index (χ0) is 37.9. The van der Waals surface area contributed by atoms with Crippen LogP contribution in [-0.4, -0.2) is 66.7 Å². The summed E-state index contributed by atoms with van der Waals surface area (Å²) in [4.78, 5) is 28.2. The van der Waals surface area contributed by atoms with Gasteiger partial charge < -0.3 is 19.7 Å². The average Bonchev–Trinajstić information content (AvgIpc) is 3.37. The second kappa shape index (κ2) is 16.0. The molecule has 1 heterocycles. The van der Waals surface area contributed by atoms with Crippen LogP contribution in [0.3, 0.4) is 0 Å². The highest BCUT2D eigenvalue weighted by molar-refractivity contribution is 6.99. The van der Waals surface area contributed by atoms with Crippen molar-refractivity contribution in [3.05, 3.63) is 136 Å². The van der Waals surface area contributed by atoms with Crippen LogP contribution in [0.4, 0.5) is 0 Å². The average molecular weight is 750 g/mol. The largest absolute Gasteiger partial charge is 0.508 e. The van der Waals surface area contributed by atoms with Crippen LogP contribution in [0, 0.1) is 17.8 Å². The monoisotopic (exact) mass is 749 g/mol. The molecule has 0 bridgehead atoms. The smallest absolute Gasteiger partial charge is 0.261 e. The minimum atomic E-state index is -3.02. The first kappa shape index (κ1) is 38.4. The topological polar surface area (TPSA) is 107 Å². The molecule has 1 aliphatic heterocycles. The lowest BCUT2D eigenvalue weighted by atomic mass is 9.68. The summed E-state index contributed by atoms with van der Waals surface area (Å²) in [7, 11) is -1.52. The van der Waals surface area contributed by atoms with Crippen LogP contribution in [0.25, 0.3) is 11.6 Å². The number of aliphatic hydroxyl groups is 2. The first-order valence-corrected chi connectivity index (χ1v) is 20.5. The molecule has 276 valence electrons. The molecule has 4 aromatic rings. The summed E-state index contributed by atoms with van der Waals surface area (Å²) in [5.74, 6) is -2.69. The van der Waals surface area contributed by atoms with Crippen LogP contribution < -0.4 is 10.4 Å². The first-order valence-electron chi connectivity index (χ1n) is 18.2. The van der Waals surface area contributed by atoms with Crippen LogP contribution in [-0.2, 0) is 14.0 Å². The highest BCUT2D eigenvalue weighted by atomic mass is 35.5. The highest BCUT2D eigenvalue weighted by Gasteiger charge is 2.55. The Morgan fingerprint density at radius 2 is 1.51 bits per heavy atom. The fraction of sp³-hybridized carbons (Fsp3) is 0.318. The van der Waals surface area contributed by atoms with Gasteiger partial charge in [-0.3, -0.25) is 14.5 Å².